The van der Waals surface area contributed by atoms with Crippen molar-refractivity contribution >= 4 is 41.6 Å². The third-order valence-corrected chi connectivity index (χ3v) is 4.16. The Labute approximate surface area is 163 Å². The molecule has 3 aromatic rings. The van der Waals surface area contributed by atoms with Crippen molar-refractivity contribution < 1.29 is 14.9 Å². The normalized spacial score (nSPS) is 11.2. The van der Waals surface area contributed by atoms with Crippen molar-refractivity contribution in [2.75, 3.05) is 0 Å². The highest BCUT2D eigenvalue weighted by atomic mass is 35.5. The Morgan fingerprint density at radius 1 is 1.19 bits per heavy atom. The molecule has 2 aromatic carbocycles. The Kier molecular flexibility index (Phi) is 5.46. The molecule has 1 aromatic heterocycles. The van der Waals surface area contributed by atoms with E-state index in [1.54, 1.807) is 24.3 Å². The highest BCUT2D eigenvalue weighted by molar-refractivity contribution is 7.71. The fourth-order valence-electron chi connectivity index (χ4n) is 2.04. The van der Waals surface area contributed by atoms with Gasteiger partial charge in [-0.05, 0) is 48.1 Å². The molecule has 0 spiro atoms. The SMILES string of the molecule is Oc1ccc(/C=N/n2c(COc3c(Cl)cccc3Cl)n[nH]c2=S)cc1O. The fourth-order valence-corrected chi connectivity index (χ4v) is 2.74. The van der Waals surface area contributed by atoms with E-state index in [1.165, 1.54) is 23.0 Å². The number of ether oxygens (including phenoxy) is 1. The van der Waals surface area contributed by atoms with Gasteiger partial charge in [0.25, 0.3) is 0 Å². The monoisotopic (exact) mass is 410 g/mol. The van der Waals surface area contributed by atoms with Crippen molar-refractivity contribution in [3.05, 3.63) is 62.6 Å². The average molecular weight is 411 g/mol. The zero-order valence-corrected chi connectivity index (χ0v) is 15.4. The van der Waals surface area contributed by atoms with Gasteiger partial charge < -0.3 is 14.9 Å². The predicted molar refractivity (Wildman–Crippen MR) is 101 cm³/mol. The maximum atomic E-state index is 9.53. The number of rotatable bonds is 5. The second kappa shape index (κ2) is 7.77. The number of benzene rings is 2. The molecule has 0 unspecified atom stereocenters. The lowest BCUT2D eigenvalue weighted by Gasteiger charge is -2.08. The molecule has 0 amide bonds. The number of nitrogens with zero attached hydrogens (tertiary/aromatic N) is 3. The zero-order chi connectivity index (χ0) is 18.7. The van der Waals surface area contributed by atoms with E-state index in [9.17, 15) is 10.2 Å². The second-order valence-electron chi connectivity index (χ2n) is 5.09. The standard InChI is InChI=1S/C16H12Cl2N4O3S/c17-10-2-1-3-11(18)15(10)25-8-14-20-21-16(26)22(14)19-7-9-4-5-12(23)13(24)6-9/h1-7,23-24H,8H2,(H,21,26)/b19-7+. The molecule has 26 heavy (non-hydrogen) atoms. The number of hydrogen-bond acceptors (Lipinski definition) is 6. The van der Waals surface area contributed by atoms with Crippen LogP contribution in [0.3, 0.4) is 0 Å². The summed E-state index contributed by atoms with van der Waals surface area (Å²) >= 11 is 17.3. The van der Waals surface area contributed by atoms with E-state index >= 15 is 0 Å². The Hall–Kier alpha value is -2.55. The Balaban J connectivity index is 1.81. The Morgan fingerprint density at radius 3 is 2.62 bits per heavy atom. The van der Waals surface area contributed by atoms with E-state index in [0.717, 1.165) is 0 Å². The van der Waals surface area contributed by atoms with Gasteiger partial charge in [-0.3, -0.25) is 0 Å². The van der Waals surface area contributed by atoms with Gasteiger partial charge in [0.2, 0.25) is 4.77 Å². The quantitative estimate of drug-likeness (QED) is 0.334. The summed E-state index contributed by atoms with van der Waals surface area (Å²) in [5.41, 5.74) is 0.560. The number of halogens is 2. The summed E-state index contributed by atoms with van der Waals surface area (Å²) in [6.07, 6.45) is 1.45. The van der Waals surface area contributed by atoms with Crippen molar-refractivity contribution in [1.29, 1.82) is 0 Å². The van der Waals surface area contributed by atoms with Gasteiger partial charge >= 0.3 is 0 Å². The highest BCUT2D eigenvalue weighted by Gasteiger charge is 2.11. The number of phenols is 2. The Morgan fingerprint density at radius 2 is 1.92 bits per heavy atom. The average Bonchev–Trinajstić information content (AvgIpc) is 2.95. The first-order valence-electron chi connectivity index (χ1n) is 7.25. The summed E-state index contributed by atoms with van der Waals surface area (Å²) in [6, 6.07) is 9.34. The van der Waals surface area contributed by atoms with Crippen LogP contribution in [0.1, 0.15) is 11.4 Å². The van der Waals surface area contributed by atoms with Gasteiger partial charge in [0.05, 0.1) is 16.3 Å². The molecular formula is C16H12Cl2N4O3S. The smallest absolute Gasteiger partial charge is 0.216 e. The molecular weight excluding hydrogens is 399 g/mol. The largest absolute Gasteiger partial charge is 0.504 e. The molecule has 134 valence electrons. The number of phenolic OH excluding ortho intramolecular Hbond substituents is 2. The molecule has 0 radical (unpaired) electrons. The van der Waals surface area contributed by atoms with E-state index in [2.05, 4.69) is 15.3 Å². The molecule has 0 aliphatic carbocycles. The van der Waals surface area contributed by atoms with Crippen molar-refractivity contribution in [3.8, 4) is 17.2 Å². The van der Waals surface area contributed by atoms with Crippen molar-refractivity contribution in [2.45, 2.75) is 6.61 Å². The second-order valence-corrected chi connectivity index (χ2v) is 6.29. The molecule has 0 saturated heterocycles. The van der Waals surface area contributed by atoms with Crippen LogP contribution in [0.25, 0.3) is 0 Å². The summed E-state index contributed by atoms with van der Waals surface area (Å²) in [4.78, 5) is 0. The van der Waals surface area contributed by atoms with Gasteiger partial charge in [0, 0.05) is 0 Å². The van der Waals surface area contributed by atoms with Crippen LogP contribution in [0, 0.1) is 4.77 Å². The summed E-state index contributed by atoms with van der Waals surface area (Å²) in [7, 11) is 0. The van der Waals surface area contributed by atoms with Crippen LogP contribution in [0.15, 0.2) is 41.5 Å². The number of aromatic nitrogens is 3. The zero-order valence-electron chi connectivity index (χ0n) is 13.1. The van der Waals surface area contributed by atoms with E-state index in [-0.39, 0.29) is 22.9 Å². The van der Waals surface area contributed by atoms with Crippen LogP contribution in [0.5, 0.6) is 17.2 Å². The van der Waals surface area contributed by atoms with Gasteiger partial charge in [0.1, 0.15) is 6.61 Å². The van der Waals surface area contributed by atoms with Crippen molar-refractivity contribution in [3.63, 3.8) is 0 Å². The maximum Gasteiger partial charge on any atom is 0.216 e. The lowest BCUT2D eigenvalue weighted by Crippen LogP contribution is -2.04. The first-order valence-corrected chi connectivity index (χ1v) is 8.41. The minimum Gasteiger partial charge on any atom is -0.504 e. The molecule has 0 aliphatic heterocycles. The molecule has 10 heteroatoms. The van der Waals surface area contributed by atoms with Gasteiger partial charge in [-0.15, -0.1) is 0 Å². The lowest BCUT2D eigenvalue weighted by molar-refractivity contribution is 0.291. The van der Waals surface area contributed by atoms with Crippen LogP contribution >= 0.6 is 35.4 Å². The summed E-state index contributed by atoms with van der Waals surface area (Å²) in [5, 5.41) is 30.5. The molecule has 0 aliphatic rings. The van der Waals surface area contributed by atoms with Crippen molar-refractivity contribution in [1.82, 2.24) is 14.9 Å². The number of H-pyrrole nitrogens is 1. The Bertz CT molecular complexity index is 1010. The number of nitrogens with one attached hydrogen (secondary N) is 1. The minimum absolute atomic E-state index is 0.0226. The molecule has 0 fully saturated rings. The van der Waals surface area contributed by atoms with Crippen LogP contribution in [-0.2, 0) is 6.61 Å². The predicted octanol–water partition coefficient (Wildman–Crippen LogP) is 4.12. The number of hydrogen-bond donors (Lipinski definition) is 3. The third kappa shape index (κ3) is 3.98. The van der Waals surface area contributed by atoms with Gasteiger partial charge in [-0.2, -0.15) is 14.9 Å². The van der Waals surface area contributed by atoms with Crippen molar-refractivity contribution in [2.24, 2.45) is 5.10 Å². The maximum absolute atomic E-state index is 9.53. The molecule has 3 N–H and O–H groups in total. The lowest BCUT2D eigenvalue weighted by atomic mass is 10.2. The first-order chi connectivity index (χ1) is 12.5. The van der Waals surface area contributed by atoms with Gasteiger partial charge in [0.15, 0.2) is 23.1 Å². The summed E-state index contributed by atoms with van der Waals surface area (Å²) in [6.45, 7) is 0.0226. The molecule has 0 atom stereocenters. The number of aromatic amines is 1. The fraction of sp³-hybridized carbons (Fsp3) is 0.0625. The topological polar surface area (TPSA) is 95.7 Å². The summed E-state index contributed by atoms with van der Waals surface area (Å²) in [5.74, 6) is 0.267. The molecule has 0 saturated carbocycles. The minimum atomic E-state index is -0.248. The third-order valence-electron chi connectivity index (χ3n) is 3.30. The highest BCUT2D eigenvalue weighted by Crippen LogP contribution is 2.32. The van der Waals surface area contributed by atoms with E-state index < -0.39 is 0 Å². The van der Waals surface area contributed by atoms with E-state index in [4.69, 9.17) is 40.2 Å². The number of aromatic hydroxyl groups is 2. The van der Waals surface area contributed by atoms with E-state index in [0.29, 0.717) is 27.2 Å². The first kappa shape index (κ1) is 18.2. The van der Waals surface area contributed by atoms with Gasteiger partial charge in [-0.1, -0.05) is 29.3 Å². The van der Waals surface area contributed by atoms with Crippen LogP contribution in [0.2, 0.25) is 10.0 Å². The number of para-hydroxylation sites is 1. The molecule has 7 nitrogen and oxygen atoms in total. The van der Waals surface area contributed by atoms with Crippen LogP contribution in [-0.4, -0.2) is 31.3 Å². The molecule has 1 heterocycles. The van der Waals surface area contributed by atoms with Gasteiger partial charge in [-0.25, -0.2) is 5.10 Å². The molecule has 3 rings (SSSR count). The summed E-state index contributed by atoms with van der Waals surface area (Å²) < 4.78 is 7.26. The van der Waals surface area contributed by atoms with E-state index in [1.807, 2.05) is 0 Å². The molecule has 0 bridgehead atoms. The van der Waals surface area contributed by atoms with Crippen LogP contribution < -0.4 is 4.74 Å². The van der Waals surface area contributed by atoms with Crippen LogP contribution in [0.4, 0.5) is 0 Å².